The van der Waals surface area contributed by atoms with Gasteiger partial charge in [-0.3, -0.25) is 13.9 Å². The van der Waals surface area contributed by atoms with Crippen LogP contribution in [-0.4, -0.2) is 22.9 Å². The van der Waals surface area contributed by atoms with Gasteiger partial charge in [0.1, 0.15) is 4.83 Å². The number of aromatic nitrogens is 2. The summed E-state index contributed by atoms with van der Waals surface area (Å²) < 4.78 is 8.11. The Kier molecular flexibility index (Phi) is 5.77. The Morgan fingerprint density at radius 1 is 1.15 bits per heavy atom. The fraction of sp³-hybridized carbons (Fsp3) is 0.333. The van der Waals surface area contributed by atoms with Crippen LogP contribution < -0.4 is 11.2 Å². The van der Waals surface area contributed by atoms with Crippen LogP contribution in [0.2, 0.25) is 0 Å². The highest BCUT2D eigenvalue weighted by Crippen LogP contribution is 2.32. The average molecular weight is 385 g/mol. The third-order valence-electron chi connectivity index (χ3n) is 4.67. The average Bonchev–Trinajstić information content (AvgIpc) is 3.00. The molecule has 3 rings (SSSR count). The normalized spacial score (nSPS) is 11.2. The van der Waals surface area contributed by atoms with Crippen molar-refractivity contribution in [2.45, 2.75) is 33.4 Å². The van der Waals surface area contributed by atoms with Gasteiger partial charge in [-0.25, -0.2) is 4.79 Å². The first-order valence-corrected chi connectivity index (χ1v) is 9.72. The standard InChI is InChI=1S/C21H24N2O3S/c1-14(2)18-15(3)17-19(24)22(12-13-26-4)21(25)23(20(17)27-18)11-10-16-8-6-5-7-9-16/h5-9H,1,10-13H2,2-4H3. The van der Waals surface area contributed by atoms with E-state index >= 15 is 0 Å². The molecule has 0 unspecified atom stereocenters. The van der Waals surface area contributed by atoms with E-state index in [-0.39, 0.29) is 17.8 Å². The zero-order chi connectivity index (χ0) is 19.6. The molecule has 0 bridgehead atoms. The number of allylic oxidation sites excluding steroid dienone is 1. The van der Waals surface area contributed by atoms with E-state index in [1.165, 1.54) is 15.9 Å². The molecule has 0 aliphatic heterocycles. The second kappa shape index (κ2) is 8.06. The first kappa shape index (κ1) is 19.3. The molecule has 0 saturated heterocycles. The number of ether oxygens (including phenoxy) is 1. The van der Waals surface area contributed by atoms with E-state index in [1.807, 2.05) is 44.2 Å². The van der Waals surface area contributed by atoms with Crippen molar-refractivity contribution in [1.29, 1.82) is 0 Å². The van der Waals surface area contributed by atoms with Crippen molar-refractivity contribution in [1.82, 2.24) is 9.13 Å². The van der Waals surface area contributed by atoms with Crippen molar-refractivity contribution in [3.05, 3.63) is 73.8 Å². The zero-order valence-corrected chi connectivity index (χ0v) is 16.8. The maximum atomic E-state index is 13.1. The lowest BCUT2D eigenvalue weighted by Crippen LogP contribution is -2.41. The minimum Gasteiger partial charge on any atom is -0.383 e. The number of methoxy groups -OCH3 is 1. The quantitative estimate of drug-likeness (QED) is 0.627. The van der Waals surface area contributed by atoms with Crippen LogP contribution in [-0.2, 0) is 24.2 Å². The van der Waals surface area contributed by atoms with Crippen LogP contribution in [0.25, 0.3) is 15.8 Å². The first-order chi connectivity index (χ1) is 13.0. The first-order valence-electron chi connectivity index (χ1n) is 8.91. The number of thiophene rings is 1. The third-order valence-corrected chi connectivity index (χ3v) is 6.14. The molecule has 6 heteroatoms. The largest absolute Gasteiger partial charge is 0.383 e. The van der Waals surface area contributed by atoms with E-state index in [2.05, 4.69) is 6.58 Å². The number of aryl methyl sites for hydroxylation is 3. The van der Waals surface area contributed by atoms with E-state index < -0.39 is 0 Å². The number of nitrogens with zero attached hydrogens (tertiary/aromatic N) is 2. The van der Waals surface area contributed by atoms with E-state index in [0.717, 1.165) is 32.8 Å². The molecule has 0 amide bonds. The molecular weight excluding hydrogens is 360 g/mol. The summed E-state index contributed by atoms with van der Waals surface area (Å²) in [5, 5.41) is 0.613. The molecule has 5 nitrogen and oxygen atoms in total. The van der Waals surface area contributed by atoms with Gasteiger partial charge < -0.3 is 4.74 Å². The summed E-state index contributed by atoms with van der Waals surface area (Å²) in [6.45, 7) is 8.95. The number of benzene rings is 1. The maximum absolute atomic E-state index is 13.1. The number of hydrogen-bond acceptors (Lipinski definition) is 4. The van der Waals surface area contributed by atoms with Gasteiger partial charge in [0.25, 0.3) is 5.56 Å². The van der Waals surface area contributed by atoms with Crippen LogP contribution >= 0.6 is 11.3 Å². The van der Waals surface area contributed by atoms with Gasteiger partial charge in [0.05, 0.1) is 18.5 Å². The summed E-state index contributed by atoms with van der Waals surface area (Å²) >= 11 is 1.47. The highest BCUT2D eigenvalue weighted by atomic mass is 32.1. The molecule has 0 aliphatic rings. The van der Waals surface area contributed by atoms with Gasteiger partial charge in [0.2, 0.25) is 0 Å². The molecule has 0 fully saturated rings. The van der Waals surface area contributed by atoms with Gasteiger partial charge in [0.15, 0.2) is 0 Å². The zero-order valence-electron chi connectivity index (χ0n) is 15.9. The molecule has 27 heavy (non-hydrogen) atoms. The molecule has 0 spiro atoms. The molecule has 2 heterocycles. The highest BCUT2D eigenvalue weighted by molar-refractivity contribution is 7.19. The summed E-state index contributed by atoms with van der Waals surface area (Å²) in [4.78, 5) is 27.8. The third kappa shape index (κ3) is 3.68. The summed E-state index contributed by atoms with van der Waals surface area (Å²) in [5.74, 6) is 0. The summed E-state index contributed by atoms with van der Waals surface area (Å²) in [6.07, 6.45) is 0.720. The molecule has 0 atom stereocenters. The number of rotatable bonds is 7. The van der Waals surface area contributed by atoms with Crippen molar-refractivity contribution in [2.24, 2.45) is 0 Å². The van der Waals surface area contributed by atoms with E-state index in [0.29, 0.717) is 18.5 Å². The molecule has 0 radical (unpaired) electrons. The minimum atomic E-state index is -0.282. The number of fused-ring (bicyclic) bond motifs is 1. The van der Waals surface area contributed by atoms with Crippen LogP contribution in [0.5, 0.6) is 0 Å². The second-order valence-corrected chi connectivity index (χ2v) is 7.64. The van der Waals surface area contributed by atoms with Crippen molar-refractivity contribution >= 4 is 27.1 Å². The Morgan fingerprint density at radius 2 is 1.85 bits per heavy atom. The smallest absolute Gasteiger partial charge is 0.332 e. The Bertz CT molecular complexity index is 1090. The van der Waals surface area contributed by atoms with E-state index in [9.17, 15) is 9.59 Å². The topological polar surface area (TPSA) is 53.2 Å². The Labute approximate surface area is 162 Å². The molecule has 2 aromatic heterocycles. The van der Waals surface area contributed by atoms with Crippen molar-refractivity contribution < 1.29 is 4.74 Å². The lowest BCUT2D eigenvalue weighted by molar-refractivity contribution is 0.184. The van der Waals surface area contributed by atoms with Gasteiger partial charge in [-0.2, -0.15) is 0 Å². The predicted octanol–water partition coefficient (Wildman–Crippen LogP) is 3.46. The van der Waals surface area contributed by atoms with Crippen LogP contribution in [0.15, 0.2) is 46.5 Å². The van der Waals surface area contributed by atoms with Crippen molar-refractivity contribution in [3.63, 3.8) is 0 Å². The molecule has 0 saturated carbocycles. The Hall–Kier alpha value is -2.44. The van der Waals surface area contributed by atoms with Gasteiger partial charge in [0, 0.05) is 18.5 Å². The van der Waals surface area contributed by atoms with E-state index in [4.69, 9.17) is 4.74 Å². The van der Waals surface area contributed by atoms with Crippen LogP contribution in [0.3, 0.4) is 0 Å². The monoisotopic (exact) mass is 384 g/mol. The minimum absolute atomic E-state index is 0.243. The summed E-state index contributed by atoms with van der Waals surface area (Å²) in [5.41, 5.74) is 2.42. The molecule has 1 aromatic carbocycles. The fourth-order valence-corrected chi connectivity index (χ4v) is 4.51. The predicted molar refractivity (Wildman–Crippen MR) is 112 cm³/mol. The van der Waals surface area contributed by atoms with Gasteiger partial charge in [-0.1, -0.05) is 36.9 Å². The lowest BCUT2D eigenvalue weighted by Gasteiger charge is -2.12. The summed E-state index contributed by atoms with van der Waals surface area (Å²) in [7, 11) is 1.56. The Balaban J connectivity index is 2.19. The Morgan fingerprint density at radius 3 is 2.48 bits per heavy atom. The second-order valence-electron chi connectivity index (χ2n) is 6.64. The molecular formula is C21H24N2O3S. The van der Waals surface area contributed by atoms with E-state index in [1.54, 1.807) is 11.7 Å². The molecule has 0 aliphatic carbocycles. The maximum Gasteiger partial charge on any atom is 0.332 e. The fourth-order valence-electron chi connectivity index (χ4n) is 3.26. The molecule has 142 valence electrons. The molecule has 3 aromatic rings. The van der Waals surface area contributed by atoms with Gasteiger partial charge in [-0.15, -0.1) is 11.3 Å². The lowest BCUT2D eigenvalue weighted by atomic mass is 10.1. The molecule has 0 N–H and O–H groups in total. The van der Waals surface area contributed by atoms with Crippen LogP contribution in [0, 0.1) is 6.92 Å². The van der Waals surface area contributed by atoms with Gasteiger partial charge >= 0.3 is 5.69 Å². The van der Waals surface area contributed by atoms with Crippen LogP contribution in [0.1, 0.15) is 22.9 Å². The summed E-state index contributed by atoms with van der Waals surface area (Å²) in [6, 6.07) is 10.0. The van der Waals surface area contributed by atoms with Crippen molar-refractivity contribution in [3.8, 4) is 0 Å². The number of hydrogen-bond donors (Lipinski definition) is 0. The van der Waals surface area contributed by atoms with Gasteiger partial charge in [-0.05, 0) is 37.0 Å². The van der Waals surface area contributed by atoms with Crippen molar-refractivity contribution in [2.75, 3.05) is 13.7 Å². The SMILES string of the molecule is C=C(C)c1sc2c(c1C)c(=O)n(CCOC)c(=O)n2CCc1ccccc1. The van der Waals surface area contributed by atoms with Crippen LogP contribution in [0.4, 0.5) is 0 Å². The highest BCUT2D eigenvalue weighted by Gasteiger charge is 2.20.